The van der Waals surface area contributed by atoms with Crippen LogP contribution >= 0.6 is 0 Å². The van der Waals surface area contributed by atoms with Gasteiger partial charge in [-0.1, -0.05) is 0 Å². The van der Waals surface area contributed by atoms with Gasteiger partial charge in [-0.25, -0.2) is 12.8 Å². The van der Waals surface area contributed by atoms with E-state index in [2.05, 4.69) is 0 Å². The average molecular weight is 286 g/mol. The Morgan fingerprint density at radius 2 is 2.00 bits per heavy atom. The van der Waals surface area contributed by atoms with Crippen molar-refractivity contribution in [1.29, 1.82) is 0 Å². The zero-order valence-electron chi connectivity index (χ0n) is 10.8. The zero-order valence-corrected chi connectivity index (χ0v) is 11.6. The molecule has 2 rings (SSSR count). The van der Waals surface area contributed by atoms with Crippen LogP contribution in [0.25, 0.3) is 0 Å². The molecule has 1 saturated heterocycles. The maximum atomic E-state index is 13.0. The minimum Gasteiger partial charge on any atom is -0.367 e. The molecule has 1 aromatic rings. The zero-order chi connectivity index (χ0) is 13.9. The van der Waals surface area contributed by atoms with Crippen LogP contribution in [0.5, 0.6) is 0 Å². The summed E-state index contributed by atoms with van der Waals surface area (Å²) in [6, 6.07) is 6.15. The van der Waals surface area contributed by atoms with Crippen LogP contribution in [-0.4, -0.2) is 39.1 Å². The van der Waals surface area contributed by atoms with E-state index in [1.807, 2.05) is 4.90 Å². The first-order valence-corrected chi connectivity index (χ1v) is 8.27. The van der Waals surface area contributed by atoms with Gasteiger partial charge in [0.15, 0.2) is 9.84 Å². The molecule has 2 N–H and O–H groups in total. The van der Waals surface area contributed by atoms with Crippen LogP contribution in [0.1, 0.15) is 12.8 Å². The van der Waals surface area contributed by atoms with E-state index in [1.54, 1.807) is 12.1 Å². The third-order valence-electron chi connectivity index (χ3n) is 3.41. The van der Waals surface area contributed by atoms with E-state index in [4.69, 9.17) is 5.73 Å². The number of nitrogens with two attached hydrogens (primary N) is 1. The first-order chi connectivity index (χ1) is 9.02. The number of halogens is 1. The quantitative estimate of drug-likeness (QED) is 0.882. The predicted molar refractivity (Wildman–Crippen MR) is 74.5 cm³/mol. The summed E-state index contributed by atoms with van der Waals surface area (Å²) < 4.78 is 36.2. The maximum Gasteiger partial charge on any atom is 0.152 e. The predicted octanol–water partition coefficient (Wildman–Crippen LogP) is 1.17. The highest BCUT2D eigenvalue weighted by Gasteiger charge is 2.32. The molecule has 1 fully saturated rings. The Hall–Kier alpha value is -1.14. The number of hydrogen-bond donors (Lipinski definition) is 1. The molecule has 1 aromatic carbocycles. The number of anilines is 1. The molecular weight excluding hydrogens is 267 g/mol. The van der Waals surface area contributed by atoms with Gasteiger partial charge in [0.25, 0.3) is 0 Å². The van der Waals surface area contributed by atoms with Crippen molar-refractivity contribution < 1.29 is 12.8 Å². The number of benzene rings is 1. The van der Waals surface area contributed by atoms with Crippen molar-refractivity contribution in [2.45, 2.75) is 18.9 Å². The molecule has 1 unspecified atom stereocenters. The summed E-state index contributed by atoms with van der Waals surface area (Å²) in [6.45, 7) is 1.25. The molecule has 0 saturated carbocycles. The second kappa shape index (κ2) is 5.88. The Kier molecular flexibility index (Phi) is 4.42. The van der Waals surface area contributed by atoms with Crippen molar-refractivity contribution in [1.82, 2.24) is 0 Å². The monoisotopic (exact) mass is 286 g/mol. The van der Waals surface area contributed by atoms with Crippen LogP contribution < -0.4 is 10.6 Å². The summed E-state index contributed by atoms with van der Waals surface area (Å²) in [5.74, 6) is 0.119. The summed E-state index contributed by atoms with van der Waals surface area (Å²) in [6.07, 6.45) is 1.41. The van der Waals surface area contributed by atoms with Gasteiger partial charge >= 0.3 is 0 Å². The highest BCUT2D eigenvalue weighted by Crippen LogP contribution is 2.24. The molecule has 0 aliphatic carbocycles. The van der Waals surface area contributed by atoms with Crippen LogP contribution in [-0.2, 0) is 9.84 Å². The lowest BCUT2D eigenvalue weighted by Gasteiger charge is -2.30. The molecule has 0 aromatic heterocycles. The Balaban J connectivity index is 2.18. The van der Waals surface area contributed by atoms with Crippen molar-refractivity contribution in [3.05, 3.63) is 30.1 Å². The molecule has 4 nitrogen and oxygen atoms in total. The van der Waals surface area contributed by atoms with Crippen LogP contribution in [0.4, 0.5) is 10.1 Å². The van der Waals surface area contributed by atoms with Crippen LogP contribution in [0, 0.1) is 5.82 Å². The molecule has 1 heterocycles. The summed E-state index contributed by atoms with van der Waals surface area (Å²) in [5, 5.41) is 0. The number of sulfone groups is 1. The highest BCUT2D eigenvalue weighted by molar-refractivity contribution is 7.91. The molecule has 106 valence electrons. The molecule has 1 aliphatic heterocycles. The average Bonchev–Trinajstić information content (AvgIpc) is 2.72. The molecule has 6 heteroatoms. The van der Waals surface area contributed by atoms with E-state index < -0.39 is 9.84 Å². The van der Waals surface area contributed by atoms with Crippen LogP contribution in [0.2, 0.25) is 0 Å². The van der Waals surface area contributed by atoms with Gasteiger partial charge in [0.2, 0.25) is 0 Å². The Morgan fingerprint density at radius 3 is 2.53 bits per heavy atom. The molecule has 0 amide bonds. The van der Waals surface area contributed by atoms with Crippen molar-refractivity contribution in [2.24, 2.45) is 5.73 Å². The topological polar surface area (TPSA) is 63.4 Å². The summed E-state index contributed by atoms with van der Waals surface area (Å²) in [7, 11) is -2.93. The molecule has 0 bridgehead atoms. The highest BCUT2D eigenvalue weighted by atomic mass is 32.2. The van der Waals surface area contributed by atoms with Gasteiger partial charge in [-0.2, -0.15) is 0 Å². The largest absolute Gasteiger partial charge is 0.367 e. The maximum absolute atomic E-state index is 13.0. The number of rotatable bonds is 5. The lowest BCUT2D eigenvalue weighted by Crippen LogP contribution is -2.37. The van der Waals surface area contributed by atoms with E-state index in [9.17, 15) is 12.8 Å². The number of hydrogen-bond acceptors (Lipinski definition) is 4. The van der Waals surface area contributed by atoms with E-state index >= 15 is 0 Å². The van der Waals surface area contributed by atoms with Gasteiger partial charge in [0, 0.05) is 18.3 Å². The van der Waals surface area contributed by atoms with Gasteiger partial charge in [0.1, 0.15) is 5.82 Å². The van der Waals surface area contributed by atoms with Crippen molar-refractivity contribution >= 4 is 15.5 Å². The second-order valence-electron chi connectivity index (χ2n) is 4.87. The third kappa shape index (κ3) is 3.67. The minimum atomic E-state index is -2.93. The fourth-order valence-corrected chi connectivity index (χ4v) is 4.17. The Labute approximate surface area is 113 Å². The van der Waals surface area contributed by atoms with Gasteiger partial charge in [0.05, 0.1) is 11.5 Å². The molecule has 0 spiro atoms. The molecule has 1 aliphatic rings. The Morgan fingerprint density at radius 1 is 1.32 bits per heavy atom. The molecular formula is C13H19FN2O2S. The van der Waals surface area contributed by atoms with Gasteiger partial charge in [-0.3, -0.25) is 0 Å². The molecule has 1 atom stereocenters. The van der Waals surface area contributed by atoms with Crippen molar-refractivity contribution in [3.8, 4) is 0 Å². The standard InChI is InChI=1S/C13H19FN2O2S/c14-11-2-4-12(5-3-11)16(8-1-7-15)13-6-9-19(17,18)10-13/h2-5,13H,1,6-10,15H2. The smallest absolute Gasteiger partial charge is 0.152 e. The normalized spacial score (nSPS) is 21.5. The first kappa shape index (κ1) is 14.3. The van der Waals surface area contributed by atoms with E-state index in [1.165, 1.54) is 12.1 Å². The van der Waals surface area contributed by atoms with Gasteiger partial charge in [-0.05, 0) is 43.7 Å². The van der Waals surface area contributed by atoms with E-state index in [-0.39, 0.29) is 23.4 Å². The van der Waals surface area contributed by atoms with Crippen molar-refractivity contribution in [2.75, 3.05) is 29.5 Å². The first-order valence-electron chi connectivity index (χ1n) is 6.44. The van der Waals surface area contributed by atoms with Gasteiger partial charge < -0.3 is 10.6 Å². The Bertz CT molecular complexity index is 516. The fraction of sp³-hybridized carbons (Fsp3) is 0.538. The third-order valence-corrected chi connectivity index (χ3v) is 5.16. The lowest BCUT2D eigenvalue weighted by molar-refractivity contribution is 0.596. The lowest BCUT2D eigenvalue weighted by atomic mass is 10.1. The SMILES string of the molecule is NCCCN(c1ccc(F)cc1)C1CCS(=O)(=O)C1. The van der Waals surface area contributed by atoms with Crippen molar-refractivity contribution in [3.63, 3.8) is 0 Å². The van der Waals surface area contributed by atoms with Gasteiger partial charge in [-0.15, -0.1) is 0 Å². The summed E-state index contributed by atoms with van der Waals surface area (Å²) >= 11 is 0. The van der Waals surface area contributed by atoms with Crippen LogP contribution in [0.15, 0.2) is 24.3 Å². The van der Waals surface area contributed by atoms with Crippen LogP contribution in [0.3, 0.4) is 0 Å². The van der Waals surface area contributed by atoms with E-state index in [0.29, 0.717) is 19.5 Å². The summed E-state index contributed by atoms with van der Waals surface area (Å²) in [4.78, 5) is 2.04. The molecule has 0 radical (unpaired) electrons. The fourth-order valence-electron chi connectivity index (χ4n) is 2.44. The van der Waals surface area contributed by atoms with E-state index in [0.717, 1.165) is 12.1 Å². The second-order valence-corrected chi connectivity index (χ2v) is 7.10. The summed E-state index contributed by atoms with van der Waals surface area (Å²) in [5.41, 5.74) is 6.38. The molecule has 19 heavy (non-hydrogen) atoms. The minimum absolute atomic E-state index is 0.0259. The number of nitrogens with zero attached hydrogens (tertiary/aromatic N) is 1.